The van der Waals surface area contributed by atoms with Crippen LogP contribution in [0.15, 0.2) is 24.3 Å². The van der Waals surface area contributed by atoms with Gasteiger partial charge in [-0.1, -0.05) is 24.3 Å². The van der Waals surface area contributed by atoms with Gasteiger partial charge in [0, 0.05) is 31.7 Å². The number of nitrogens with zero attached hydrogens (tertiary/aromatic N) is 2. The van der Waals surface area contributed by atoms with E-state index in [-0.39, 0.29) is 11.9 Å². The quantitative estimate of drug-likeness (QED) is 0.635. The van der Waals surface area contributed by atoms with E-state index in [4.69, 9.17) is 15.6 Å². The second-order valence-corrected chi connectivity index (χ2v) is 8.33. The summed E-state index contributed by atoms with van der Waals surface area (Å²) in [7, 11) is 1.81. The molecule has 0 aliphatic carbocycles. The van der Waals surface area contributed by atoms with Crippen molar-refractivity contribution in [3.05, 3.63) is 35.4 Å². The van der Waals surface area contributed by atoms with Crippen molar-refractivity contribution in [1.82, 2.24) is 9.80 Å². The van der Waals surface area contributed by atoms with Gasteiger partial charge in [0.1, 0.15) is 0 Å². The maximum Gasteiger partial charge on any atom is 0.490 e. The van der Waals surface area contributed by atoms with Crippen molar-refractivity contribution < 1.29 is 27.9 Å². The van der Waals surface area contributed by atoms with Gasteiger partial charge in [0.15, 0.2) is 0 Å². The lowest BCUT2D eigenvalue weighted by Crippen LogP contribution is -2.45. The summed E-state index contributed by atoms with van der Waals surface area (Å²) in [5.74, 6) is -2.76. The second-order valence-electron chi connectivity index (χ2n) is 8.33. The van der Waals surface area contributed by atoms with E-state index in [1.807, 2.05) is 20.9 Å². The first kappa shape index (κ1) is 28.9. The van der Waals surface area contributed by atoms with Gasteiger partial charge >= 0.3 is 12.1 Å². The zero-order valence-corrected chi connectivity index (χ0v) is 19.4. The van der Waals surface area contributed by atoms with E-state index >= 15 is 0 Å². The van der Waals surface area contributed by atoms with Crippen LogP contribution in [0.2, 0.25) is 0 Å². The first-order chi connectivity index (χ1) is 14.1. The zero-order chi connectivity index (χ0) is 24.5. The molecule has 1 rings (SSSR count). The normalized spacial score (nSPS) is 12.7. The number of carbonyl (C=O) groups is 2. The third-order valence-electron chi connectivity index (χ3n) is 4.85. The number of likely N-dealkylation sites (N-methyl/N-ethyl adjacent to an activating group) is 1. The van der Waals surface area contributed by atoms with Gasteiger partial charge in [0.2, 0.25) is 5.91 Å². The molecule has 0 aromatic heterocycles. The highest BCUT2D eigenvalue weighted by Gasteiger charge is 2.38. The third-order valence-corrected chi connectivity index (χ3v) is 4.85. The number of carbonyl (C=O) groups excluding carboxylic acids is 1. The van der Waals surface area contributed by atoms with Gasteiger partial charge < -0.3 is 15.7 Å². The molecule has 0 aliphatic rings. The molecule has 1 aromatic carbocycles. The first-order valence-electron chi connectivity index (χ1n) is 10.2. The molecule has 9 heteroatoms. The van der Waals surface area contributed by atoms with Crippen LogP contribution in [0.1, 0.15) is 52.7 Å². The van der Waals surface area contributed by atoms with Gasteiger partial charge in [-0.3, -0.25) is 9.69 Å². The van der Waals surface area contributed by atoms with Crippen LogP contribution in [0.25, 0.3) is 0 Å². The summed E-state index contributed by atoms with van der Waals surface area (Å²) in [6.45, 7) is 13.8. The molecular formula is C22H36F3N3O3. The Hall–Kier alpha value is -2.13. The van der Waals surface area contributed by atoms with Gasteiger partial charge in [-0.25, -0.2) is 4.79 Å². The Morgan fingerprint density at radius 1 is 0.935 bits per heavy atom. The molecule has 31 heavy (non-hydrogen) atoms. The van der Waals surface area contributed by atoms with Crippen molar-refractivity contribution in [2.75, 3.05) is 7.05 Å². The summed E-state index contributed by atoms with van der Waals surface area (Å²) < 4.78 is 31.7. The van der Waals surface area contributed by atoms with Crippen LogP contribution in [0, 0.1) is 0 Å². The molecule has 0 heterocycles. The zero-order valence-electron chi connectivity index (χ0n) is 19.4. The number of carboxylic acid groups (broad SMARTS) is 1. The van der Waals surface area contributed by atoms with Crippen LogP contribution in [-0.2, 0) is 22.6 Å². The summed E-state index contributed by atoms with van der Waals surface area (Å²) in [5, 5.41) is 7.12. The number of hydrogen-bond acceptors (Lipinski definition) is 4. The summed E-state index contributed by atoms with van der Waals surface area (Å²) in [6, 6.07) is 9.21. The topological polar surface area (TPSA) is 86.9 Å². The largest absolute Gasteiger partial charge is 0.490 e. The molecule has 0 aliphatic heterocycles. The molecule has 178 valence electrons. The molecule has 3 N–H and O–H groups in total. The Kier molecular flexibility index (Phi) is 11.8. The maximum absolute atomic E-state index is 12.2. The van der Waals surface area contributed by atoms with Crippen LogP contribution in [0.5, 0.6) is 0 Å². The molecule has 1 amide bonds. The molecule has 0 radical (unpaired) electrons. The van der Waals surface area contributed by atoms with E-state index in [0.717, 1.165) is 12.1 Å². The predicted molar refractivity (Wildman–Crippen MR) is 116 cm³/mol. The van der Waals surface area contributed by atoms with E-state index in [1.54, 1.807) is 4.90 Å². The Bertz CT molecular complexity index is 681. The minimum Gasteiger partial charge on any atom is -0.475 e. The van der Waals surface area contributed by atoms with Crippen molar-refractivity contribution in [3.8, 4) is 0 Å². The number of rotatable bonds is 8. The maximum atomic E-state index is 12.2. The molecule has 0 unspecified atom stereocenters. The monoisotopic (exact) mass is 447 g/mol. The number of halogens is 3. The highest BCUT2D eigenvalue weighted by Crippen LogP contribution is 2.14. The first-order valence-corrected chi connectivity index (χ1v) is 10.2. The van der Waals surface area contributed by atoms with Crippen molar-refractivity contribution in [2.24, 2.45) is 5.73 Å². The van der Waals surface area contributed by atoms with Crippen LogP contribution < -0.4 is 5.73 Å². The summed E-state index contributed by atoms with van der Waals surface area (Å²) in [5.41, 5.74) is 8.49. The summed E-state index contributed by atoms with van der Waals surface area (Å²) >= 11 is 0. The minimum absolute atomic E-state index is 0.000123. The van der Waals surface area contributed by atoms with Crippen molar-refractivity contribution in [1.29, 1.82) is 0 Å². The SMILES string of the molecule is CC(C)N(C)C(=O)[C@H](N)Cc1ccc(CN(C(C)C)C(C)C)cc1.O=C(O)C(F)(F)F. The molecule has 6 nitrogen and oxygen atoms in total. The van der Waals surface area contributed by atoms with Gasteiger partial charge in [0.25, 0.3) is 0 Å². The fraction of sp³-hybridized carbons (Fsp3) is 0.636. The van der Waals surface area contributed by atoms with Gasteiger partial charge in [0.05, 0.1) is 6.04 Å². The molecule has 0 fully saturated rings. The molecular weight excluding hydrogens is 411 g/mol. The van der Waals surface area contributed by atoms with Crippen molar-refractivity contribution in [2.45, 2.75) is 84.9 Å². The third kappa shape index (κ3) is 10.6. The Balaban J connectivity index is 0.00000110. The summed E-state index contributed by atoms with van der Waals surface area (Å²) in [6.07, 6.45) is -4.51. The van der Waals surface area contributed by atoms with E-state index in [1.165, 1.54) is 5.56 Å². The van der Waals surface area contributed by atoms with Gasteiger partial charge in [-0.05, 0) is 59.1 Å². The number of alkyl halides is 3. The van der Waals surface area contributed by atoms with E-state index < -0.39 is 18.2 Å². The minimum atomic E-state index is -5.08. The van der Waals surface area contributed by atoms with Crippen LogP contribution >= 0.6 is 0 Å². The fourth-order valence-electron chi connectivity index (χ4n) is 2.81. The Morgan fingerprint density at radius 2 is 1.32 bits per heavy atom. The highest BCUT2D eigenvalue weighted by atomic mass is 19.4. The predicted octanol–water partition coefficient (Wildman–Crippen LogP) is 3.68. The summed E-state index contributed by atoms with van der Waals surface area (Å²) in [4.78, 5) is 25.3. The number of carboxylic acids is 1. The standard InChI is InChI=1S/C20H35N3O.C2HF3O2/c1-14(2)22(7)20(24)19(21)12-17-8-10-18(11-9-17)13-23(15(3)4)16(5)6;3-2(4,5)1(6)7/h8-11,14-16,19H,12-13,21H2,1-7H3;(H,6,7)/t19-;/m1./s1. The number of nitrogens with two attached hydrogens (primary N) is 1. The lowest BCUT2D eigenvalue weighted by Gasteiger charge is -2.30. The molecule has 0 saturated carbocycles. The Morgan fingerprint density at radius 3 is 1.65 bits per heavy atom. The van der Waals surface area contributed by atoms with Gasteiger partial charge in [-0.15, -0.1) is 0 Å². The highest BCUT2D eigenvalue weighted by molar-refractivity contribution is 5.82. The smallest absolute Gasteiger partial charge is 0.475 e. The molecule has 1 aromatic rings. The Labute approximate surface area is 183 Å². The van der Waals surface area contributed by atoms with Crippen LogP contribution in [0.4, 0.5) is 13.2 Å². The van der Waals surface area contributed by atoms with Crippen molar-refractivity contribution in [3.63, 3.8) is 0 Å². The molecule has 1 atom stereocenters. The van der Waals surface area contributed by atoms with Crippen molar-refractivity contribution >= 4 is 11.9 Å². The molecule has 0 saturated heterocycles. The fourth-order valence-corrected chi connectivity index (χ4v) is 2.81. The average Bonchev–Trinajstić information content (AvgIpc) is 2.65. The van der Waals surface area contributed by atoms with Crippen LogP contribution in [-0.4, -0.2) is 64.2 Å². The second kappa shape index (κ2) is 12.7. The number of hydrogen-bond donors (Lipinski definition) is 2. The molecule has 0 spiro atoms. The van der Waals surface area contributed by atoms with Crippen LogP contribution in [0.3, 0.4) is 0 Å². The molecule has 0 bridgehead atoms. The van der Waals surface area contributed by atoms with Gasteiger partial charge in [-0.2, -0.15) is 13.2 Å². The lowest BCUT2D eigenvalue weighted by atomic mass is 10.0. The van der Waals surface area contributed by atoms with E-state index in [0.29, 0.717) is 18.5 Å². The number of amides is 1. The lowest BCUT2D eigenvalue weighted by molar-refractivity contribution is -0.192. The van der Waals surface area contributed by atoms with E-state index in [2.05, 4.69) is 56.9 Å². The van der Waals surface area contributed by atoms with E-state index in [9.17, 15) is 18.0 Å². The average molecular weight is 448 g/mol. The number of aliphatic carboxylic acids is 1. The number of benzene rings is 1.